The van der Waals surface area contributed by atoms with Gasteiger partial charge in [-0.3, -0.25) is 0 Å². The molecule has 0 saturated carbocycles. The van der Waals surface area contributed by atoms with Gasteiger partial charge in [0.2, 0.25) is 25.9 Å². The molecular weight excluding hydrogens is 668 g/mol. The third kappa shape index (κ3) is 6.61. The van der Waals surface area contributed by atoms with Crippen molar-refractivity contribution in [3.8, 4) is 22.5 Å². The number of fused-ring (bicyclic) bond motifs is 3. The van der Waals surface area contributed by atoms with Crippen LogP contribution in [0.1, 0.15) is 19.3 Å². The first-order valence-corrected chi connectivity index (χ1v) is 16.6. The third-order valence-electron chi connectivity index (χ3n) is 7.08. The van der Waals surface area contributed by atoms with Crippen LogP contribution in [0.4, 0.5) is 18.3 Å². The Morgan fingerprint density at radius 3 is 2.44 bits per heavy atom. The number of nitrogens with zero attached hydrogens (tertiary/aromatic N) is 4. The molecular formula is C23H24F3N9O7S3. The van der Waals surface area contributed by atoms with E-state index in [9.17, 15) is 30.0 Å². The SMILES string of the molecule is Nc1nc2c(-c3ccc(S(=O)(=O)NC4CCC5OC4CC5N)c(S(N)(=O)=O)c3-c3nn[nH]n3)cccc2s1.O=C(O)C(F)(F)F. The van der Waals surface area contributed by atoms with E-state index < -0.39 is 54.1 Å². The molecule has 22 heteroatoms. The van der Waals surface area contributed by atoms with Crippen LogP contribution in [0.5, 0.6) is 0 Å². The maximum atomic E-state index is 13.7. The molecule has 2 aromatic heterocycles. The van der Waals surface area contributed by atoms with Crippen molar-refractivity contribution in [2.45, 2.75) is 59.5 Å². The average molecular weight is 692 g/mol. The summed E-state index contributed by atoms with van der Waals surface area (Å²) in [6.45, 7) is 0. The summed E-state index contributed by atoms with van der Waals surface area (Å²) in [5.74, 6) is -2.92. The molecule has 2 saturated heterocycles. The number of primary sulfonamides is 1. The van der Waals surface area contributed by atoms with Crippen molar-refractivity contribution in [1.82, 2.24) is 30.3 Å². The molecule has 16 nitrogen and oxygen atoms in total. The first kappa shape index (κ1) is 32.6. The molecule has 4 unspecified atom stereocenters. The smallest absolute Gasteiger partial charge is 0.475 e. The van der Waals surface area contributed by atoms with Gasteiger partial charge in [-0.1, -0.05) is 29.5 Å². The number of carbonyl (C=O) groups is 1. The van der Waals surface area contributed by atoms with E-state index in [0.29, 0.717) is 35.5 Å². The van der Waals surface area contributed by atoms with Gasteiger partial charge in [-0.05, 0) is 42.2 Å². The topological polar surface area (TPSA) is 272 Å². The van der Waals surface area contributed by atoms with Crippen LogP contribution in [-0.2, 0) is 29.6 Å². The summed E-state index contributed by atoms with van der Waals surface area (Å²) in [5.41, 5.74) is 13.2. The number of thiazole rings is 1. The highest BCUT2D eigenvalue weighted by molar-refractivity contribution is 7.92. The number of ether oxygens (including phenoxy) is 1. The van der Waals surface area contributed by atoms with E-state index in [1.807, 2.05) is 6.07 Å². The molecule has 4 heterocycles. The van der Waals surface area contributed by atoms with E-state index in [1.165, 1.54) is 23.5 Å². The van der Waals surface area contributed by atoms with Crippen molar-refractivity contribution in [3.05, 3.63) is 30.3 Å². The van der Waals surface area contributed by atoms with Gasteiger partial charge in [-0.15, -0.1) is 10.2 Å². The van der Waals surface area contributed by atoms with Crippen LogP contribution in [0, 0.1) is 0 Å². The van der Waals surface area contributed by atoms with Crippen LogP contribution in [-0.4, -0.2) is 84.0 Å². The number of aliphatic carboxylic acids is 1. The standard InChI is InChI=1S/C21H23N9O5S3.C2HF3O2/c22-11-8-14-12(5-6-13(11)35-14)28-38(33,34)16-7-4-9(10-2-1-3-15-18(10)25-21(23)36-15)17(19(16)37(24,31)32)20-26-29-30-27-20;3-2(4,5)1(6)7/h1-4,7,11-14,28H,5-6,8,22H2,(H2,23,25)(H2,24,31,32)(H,26,27,29,30);(H,6,7). The largest absolute Gasteiger partial charge is 0.490 e. The van der Waals surface area contributed by atoms with Crippen molar-refractivity contribution < 1.29 is 44.6 Å². The van der Waals surface area contributed by atoms with Crippen LogP contribution in [0.25, 0.3) is 32.7 Å². The number of carboxylic acid groups (broad SMARTS) is 1. The molecule has 4 atom stereocenters. The number of hydrogen-bond donors (Lipinski definition) is 6. The van der Waals surface area contributed by atoms with Gasteiger partial charge in [0.15, 0.2) is 5.13 Å². The van der Waals surface area contributed by atoms with E-state index in [2.05, 4.69) is 30.3 Å². The minimum Gasteiger partial charge on any atom is -0.475 e. The average Bonchev–Trinajstić information content (AvgIpc) is 3.67. The summed E-state index contributed by atoms with van der Waals surface area (Å²) in [7, 11) is -9.06. The fourth-order valence-electron chi connectivity index (χ4n) is 5.22. The molecule has 2 fully saturated rings. The number of halogens is 3. The Bertz CT molecular complexity index is 1970. The Balaban J connectivity index is 0.000000515. The monoisotopic (exact) mass is 691 g/mol. The maximum Gasteiger partial charge on any atom is 0.490 e. The highest BCUT2D eigenvalue weighted by Crippen LogP contribution is 2.42. The van der Waals surface area contributed by atoms with Gasteiger partial charge in [0.25, 0.3) is 0 Å². The highest BCUT2D eigenvalue weighted by atomic mass is 32.2. The molecule has 4 aromatic rings. The van der Waals surface area contributed by atoms with Crippen molar-refractivity contribution in [1.29, 1.82) is 0 Å². The lowest BCUT2D eigenvalue weighted by atomic mass is 9.98. The van der Waals surface area contributed by atoms with Gasteiger partial charge >= 0.3 is 12.1 Å². The Morgan fingerprint density at radius 1 is 1.11 bits per heavy atom. The zero-order valence-electron chi connectivity index (χ0n) is 22.6. The number of sulfonamides is 2. The van der Waals surface area contributed by atoms with Gasteiger partial charge in [0.05, 0.1) is 28.0 Å². The second-order valence-electron chi connectivity index (χ2n) is 10.0. The predicted molar refractivity (Wildman–Crippen MR) is 152 cm³/mol. The molecule has 242 valence electrons. The number of nitrogen functional groups attached to an aromatic ring is 1. The summed E-state index contributed by atoms with van der Waals surface area (Å²) in [4.78, 5) is 12.1. The molecule has 0 spiro atoms. The van der Waals surface area contributed by atoms with Crippen LogP contribution in [0.3, 0.4) is 0 Å². The molecule has 0 amide bonds. The summed E-state index contributed by atoms with van der Waals surface area (Å²) in [5, 5.41) is 26.8. The molecule has 9 N–H and O–H groups in total. The van der Waals surface area contributed by atoms with Crippen molar-refractivity contribution >= 4 is 52.7 Å². The van der Waals surface area contributed by atoms with E-state index in [4.69, 9.17) is 31.2 Å². The summed E-state index contributed by atoms with van der Waals surface area (Å²) >= 11 is 1.25. The number of anilines is 1. The number of H-pyrrole nitrogens is 1. The number of tetrazole rings is 1. The molecule has 45 heavy (non-hydrogen) atoms. The summed E-state index contributed by atoms with van der Waals surface area (Å²) in [6.07, 6.45) is -4.04. The summed E-state index contributed by atoms with van der Waals surface area (Å²) < 4.78 is 94.5. The number of aromatic nitrogens is 5. The van der Waals surface area contributed by atoms with E-state index in [0.717, 1.165) is 4.70 Å². The number of carboxylic acids is 1. The number of hydrogen-bond acceptors (Lipinski definition) is 13. The van der Waals surface area contributed by atoms with Gasteiger partial charge in [0.1, 0.15) is 9.79 Å². The van der Waals surface area contributed by atoms with Crippen LogP contribution in [0.15, 0.2) is 40.1 Å². The molecule has 0 aliphatic carbocycles. The quantitative estimate of drug-likeness (QED) is 0.164. The van der Waals surface area contributed by atoms with E-state index in [1.54, 1.807) is 12.1 Å². The third-order valence-corrected chi connectivity index (χ3v) is 10.6. The van der Waals surface area contributed by atoms with Crippen molar-refractivity contribution in [2.24, 2.45) is 10.9 Å². The molecule has 2 aromatic carbocycles. The minimum atomic E-state index is -5.08. The van der Waals surface area contributed by atoms with Gasteiger partial charge in [-0.2, -0.15) is 18.4 Å². The molecule has 6 rings (SSSR count). The second-order valence-corrected chi connectivity index (χ2v) is 14.3. The fraction of sp³-hybridized carbons (Fsp3) is 0.348. The highest BCUT2D eigenvalue weighted by Gasteiger charge is 2.44. The Labute approximate surface area is 256 Å². The lowest BCUT2D eigenvalue weighted by molar-refractivity contribution is -0.192. The number of rotatable bonds is 6. The van der Waals surface area contributed by atoms with Gasteiger partial charge in [0, 0.05) is 17.6 Å². The predicted octanol–water partition coefficient (Wildman–Crippen LogP) is 0.932. The molecule has 2 aliphatic rings. The van der Waals surface area contributed by atoms with Crippen molar-refractivity contribution in [3.63, 3.8) is 0 Å². The number of para-hydroxylation sites is 1. The van der Waals surface area contributed by atoms with E-state index >= 15 is 0 Å². The zero-order chi connectivity index (χ0) is 32.9. The lowest BCUT2D eigenvalue weighted by Crippen LogP contribution is -2.46. The first-order chi connectivity index (χ1) is 21.0. The second kappa shape index (κ2) is 11.9. The zero-order valence-corrected chi connectivity index (χ0v) is 25.0. The van der Waals surface area contributed by atoms with E-state index in [-0.39, 0.29) is 29.1 Å². The van der Waals surface area contributed by atoms with Crippen LogP contribution >= 0.6 is 11.3 Å². The summed E-state index contributed by atoms with van der Waals surface area (Å²) in [6, 6.07) is 7.18. The minimum absolute atomic E-state index is 0.118. The Kier molecular flexibility index (Phi) is 8.58. The Hall–Kier alpha value is -3.80. The number of nitrogens with one attached hydrogen (secondary N) is 2. The maximum absolute atomic E-state index is 13.7. The fourth-order valence-corrected chi connectivity index (χ4v) is 8.89. The Morgan fingerprint density at radius 2 is 1.82 bits per heavy atom. The van der Waals surface area contributed by atoms with Crippen molar-refractivity contribution in [2.75, 3.05) is 5.73 Å². The van der Waals surface area contributed by atoms with Crippen LogP contribution < -0.4 is 21.3 Å². The normalized spacial score (nSPS) is 21.8. The first-order valence-electron chi connectivity index (χ1n) is 12.8. The van der Waals surface area contributed by atoms with Gasteiger partial charge < -0.3 is 21.3 Å². The number of aromatic amines is 1. The lowest BCUT2D eigenvalue weighted by Gasteiger charge is -2.30. The van der Waals surface area contributed by atoms with Crippen LogP contribution in [0.2, 0.25) is 0 Å². The number of benzene rings is 2. The number of alkyl halides is 3. The molecule has 2 aliphatic heterocycles. The molecule has 0 radical (unpaired) electrons. The van der Waals surface area contributed by atoms with Gasteiger partial charge in [-0.25, -0.2) is 36.5 Å². The number of nitrogens with two attached hydrogens (primary N) is 3. The molecule has 2 bridgehead atoms.